The van der Waals surface area contributed by atoms with Gasteiger partial charge in [-0.1, -0.05) is 16.9 Å². The van der Waals surface area contributed by atoms with Crippen molar-refractivity contribution in [2.24, 2.45) is 4.99 Å². The summed E-state index contributed by atoms with van der Waals surface area (Å²) in [4.78, 5) is 7.57. The number of rotatable bonds is 6. The number of aliphatic imine (C=N–C) groups is 1. The van der Waals surface area contributed by atoms with Crippen LogP contribution in [0.4, 0.5) is 20.2 Å². The average Bonchev–Trinajstić information content (AvgIpc) is 3.52. The zero-order valence-electron chi connectivity index (χ0n) is 20.0. The molecule has 36 heavy (non-hydrogen) atoms. The minimum Gasteiger partial charge on any atom is -0.369 e. The molecule has 5 rings (SSSR count). The Morgan fingerprint density at radius 1 is 1.14 bits per heavy atom. The maximum Gasteiger partial charge on any atom is 0.238 e. The fraction of sp³-hybridized carbons (Fsp3) is 0.346. The third-order valence-electron chi connectivity index (χ3n) is 6.59. The van der Waals surface area contributed by atoms with Gasteiger partial charge in [0.15, 0.2) is 0 Å². The average molecular weight is 495 g/mol. The molecule has 1 unspecified atom stereocenters. The van der Waals surface area contributed by atoms with Gasteiger partial charge in [-0.25, -0.2) is 13.5 Å². The number of nitrogens with zero attached hydrogens (tertiary/aromatic N) is 6. The molecule has 2 atom stereocenters. The topological polar surface area (TPSA) is 79.0 Å². The summed E-state index contributed by atoms with van der Waals surface area (Å²) in [5.41, 5.74) is 3.05. The van der Waals surface area contributed by atoms with E-state index in [9.17, 15) is 5.11 Å². The number of aliphatic hydroxyl groups excluding tert-OH is 1. The van der Waals surface area contributed by atoms with Crippen molar-refractivity contribution in [1.82, 2.24) is 15.0 Å². The van der Waals surface area contributed by atoms with E-state index in [1.54, 1.807) is 59.5 Å². The molecule has 8 nitrogen and oxygen atoms in total. The van der Waals surface area contributed by atoms with Crippen molar-refractivity contribution in [2.75, 3.05) is 36.5 Å². The van der Waals surface area contributed by atoms with Crippen molar-refractivity contribution in [3.8, 4) is 11.1 Å². The molecular weight excluding hydrogens is 466 g/mol. The summed E-state index contributed by atoms with van der Waals surface area (Å²) in [6.45, 7) is 2.23. The lowest BCUT2D eigenvalue weighted by Gasteiger charge is -2.30. The van der Waals surface area contributed by atoms with E-state index in [1.165, 1.54) is 17.7 Å². The SMILES string of the molecule is CN=CC=C1CCN(c2ccc(-c3ccc(N4C[C@H](Cn5ccnn5)OC4O)cc3F)cc2F)CC1. The number of aromatic nitrogens is 3. The molecular formula is C26H28F2N6O2. The number of hydrogen-bond donors (Lipinski definition) is 1. The smallest absolute Gasteiger partial charge is 0.238 e. The van der Waals surface area contributed by atoms with Crippen LogP contribution in [0.25, 0.3) is 11.1 Å². The summed E-state index contributed by atoms with van der Waals surface area (Å²) < 4.78 is 37.4. The van der Waals surface area contributed by atoms with Crippen LogP contribution in [0.5, 0.6) is 0 Å². The van der Waals surface area contributed by atoms with E-state index in [2.05, 4.69) is 15.3 Å². The van der Waals surface area contributed by atoms with E-state index >= 15 is 8.78 Å². The lowest BCUT2D eigenvalue weighted by atomic mass is 10.0. The maximum absolute atomic E-state index is 15.1. The molecule has 2 fully saturated rings. The van der Waals surface area contributed by atoms with Crippen molar-refractivity contribution in [1.29, 1.82) is 0 Å². The number of piperidine rings is 1. The van der Waals surface area contributed by atoms with Crippen molar-refractivity contribution in [3.63, 3.8) is 0 Å². The Bertz CT molecular complexity index is 1250. The van der Waals surface area contributed by atoms with Gasteiger partial charge in [0.25, 0.3) is 0 Å². The van der Waals surface area contributed by atoms with Gasteiger partial charge in [-0.15, -0.1) is 5.10 Å². The Hall–Kier alpha value is -3.63. The number of hydrogen-bond acceptors (Lipinski definition) is 7. The van der Waals surface area contributed by atoms with Crippen molar-refractivity contribution < 1.29 is 18.6 Å². The molecule has 2 saturated heterocycles. The first-order valence-corrected chi connectivity index (χ1v) is 11.9. The highest BCUT2D eigenvalue weighted by Gasteiger charge is 2.32. The lowest BCUT2D eigenvalue weighted by Crippen LogP contribution is -2.31. The van der Waals surface area contributed by atoms with Gasteiger partial charge >= 0.3 is 0 Å². The van der Waals surface area contributed by atoms with Gasteiger partial charge in [-0.05, 0) is 54.8 Å². The first kappa shape index (κ1) is 24.1. The summed E-state index contributed by atoms with van der Waals surface area (Å²) in [5, 5.41) is 18.0. The number of allylic oxidation sites excluding steroid dienone is 1. The van der Waals surface area contributed by atoms with E-state index < -0.39 is 12.2 Å². The van der Waals surface area contributed by atoms with Crippen LogP contribution in [0.1, 0.15) is 12.8 Å². The molecule has 0 saturated carbocycles. The Morgan fingerprint density at radius 2 is 1.97 bits per heavy atom. The van der Waals surface area contributed by atoms with E-state index in [1.807, 2.05) is 11.0 Å². The summed E-state index contributed by atoms with van der Waals surface area (Å²) in [5.74, 6) is -0.880. The predicted molar refractivity (Wildman–Crippen MR) is 134 cm³/mol. The molecule has 3 heterocycles. The number of benzene rings is 2. The van der Waals surface area contributed by atoms with Crippen LogP contribution in [-0.4, -0.2) is 65.5 Å². The molecule has 2 aromatic carbocycles. The first-order valence-electron chi connectivity index (χ1n) is 11.9. The second-order valence-electron chi connectivity index (χ2n) is 8.91. The van der Waals surface area contributed by atoms with Gasteiger partial charge in [0.1, 0.15) is 11.6 Å². The predicted octanol–water partition coefficient (Wildman–Crippen LogP) is 3.63. The Labute approximate surface area is 208 Å². The quantitative estimate of drug-likeness (QED) is 0.528. The van der Waals surface area contributed by atoms with Crippen LogP contribution in [0.15, 0.2) is 65.4 Å². The zero-order valence-corrected chi connectivity index (χ0v) is 20.0. The van der Waals surface area contributed by atoms with Crippen molar-refractivity contribution >= 4 is 17.6 Å². The molecule has 2 aliphatic heterocycles. The molecule has 3 aromatic rings. The molecule has 2 aliphatic rings. The van der Waals surface area contributed by atoms with Gasteiger partial charge in [-0.3, -0.25) is 4.99 Å². The molecule has 10 heteroatoms. The second kappa shape index (κ2) is 10.5. The zero-order chi connectivity index (χ0) is 25.1. The van der Waals surface area contributed by atoms with E-state index in [-0.39, 0.29) is 11.9 Å². The van der Waals surface area contributed by atoms with Gasteiger partial charge in [0, 0.05) is 43.8 Å². The first-order chi connectivity index (χ1) is 17.5. The normalized spacial score (nSPS) is 20.5. The summed E-state index contributed by atoms with van der Waals surface area (Å²) in [6, 6.07) is 9.48. The Kier molecular flexibility index (Phi) is 7.06. The number of aliphatic hydroxyl groups is 1. The second-order valence-corrected chi connectivity index (χ2v) is 8.91. The maximum atomic E-state index is 15.1. The van der Waals surface area contributed by atoms with E-state index in [4.69, 9.17) is 4.74 Å². The summed E-state index contributed by atoms with van der Waals surface area (Å²) >= 11 is 0. The van der Waals surface area contributed by atoms with Gasteiger partial charge in [-0.2, -0.15) is 0 Å². The molecule has 0 bridgehead atoms. The van der Waals surface area contributed by atoms with Crippen molar-refractivity contribution in [3.05, 3.63) is 72.1 Å². The highest BCUT2D eigenvalue weighted by atomic mass is 19.1. The minimum atomic E-state index is -1.20. The number of halogens is 2. The standard InChI is InChI=1S/C26H28F2N6O2/c1-29-9-6-18-7-11-32(12-8-18)25-5-2-19(14-24(25)28)22-4-3-20(15-23(22)27)34-17-21(36-26(34)35)16-33-13-10-30-31-33/h2-6,9-10,13-15,21,26,35H,7-8,11-12,16-17H2,1H3/t21-,26?/m0/s1. The molecule has 1 aromatic heterocycles. The minimum absolute atomic E-state index is 0.292. The summed E-state index contributed by atoms with van der Waals surface area (Å²) in [7, 11) is 1.74. The van der Waals surface area contributed by atoms with E-state index in [0.717, 1.165) is 25.9 Å². The van der Waals surface area contributed by atoms with Crippen molar-refractivity contribution in [2.45, 2.75) is 31.9 Å². The fourth-order valence-corrected chi connectivity index (χ4v) is 4.70. The van der Waals surface area contributed by atoms with Gasteiger partial charge in [0.2, 0.25) is 6.41 Å². The largest absolute Gasteiger partial charge is 0.369 e. The van der Waals surface area contributed by atoms with Crippen LogP contribution in [0.3, 0.4) is 0 Å². The molecule has 0 amide bonds. The van der Waals surface area contributed by atoms with Crippen LogP contribution in [0.2, 0.25) is 0 Å². The van der Waals surface area contributed by atoms with Gasteiger partial charge in [0.05, 0.1) is 31.1 Å². The highest BCUT2D eigenvalue weighted by molar-refractivity contribution is 5.72. The Balaban J connectivity index is 1.28. The molecule has 0 radical (unpaired) electrons. The van der Waals surface area contributed by atoms with E-state index in [0.29, 0.717) is 35.6 Å². The molecule has 0 spiro atoms. The van der Waals surface area contributed by atoms with Gasteiger partial charge < -0.3 is 19.6 Å². The van der Waals surface area contributed by atoms with Crippen LogP contribution in [0, 0.1) is 11.6 Å². The monoisotopic (exact) mass is 494 g/mol. The highest BCUT2D eigenvalue weighted by Crippen LogP contribution is 2.33. The molecule has 1 N–H and O–H groups in total. The van der Waals surface area contributed by atoms with Crippen LogP contribution >= 0.6 is 0 Å². The fourth-order valence-electron chi connectivity index (χ4n) is 4.70. The Morgan fingerprint density at radius 3 is 2.67 bits per heavy atom. The van der Waals surface area contributed by atoms with Crippen LogP contribution in [-0.2, 0) is 11.3 Å². The molecule has 0 aliphatic carbocycles. The van der Waals surface area contributed by atoms with Crippen LogP contribution < -0.4 is 9.80 Å². The molecule has 188 valence electrons. The lowest BCUT2D eigenvalue weighted by molar-refractivity contribution is -0.0924. The third kappa shape index (κ3) is 5.14. The number of ether oxygens (including phenoxy) is 1. The third-order valence-corrected chi connectivity index (χ3v) is 6.59. The number of anilines is 2. The summed E-state index contributed by atoms with van der Waals surface area (Å²) in [6.07, 6.45) is 7.27.